The molecule has 0 radical (unpaired) electrons. The molecule has 0 spiro atoms. The summed E-state index contributed by atoms with van der Waals surface area (Å²) in [4.78, 5) is 22.3. The number of hydrogen-bond acceptors (Lipinski definition) is 4. The summed E-state index contributed by atoms with van der Waals surface area (Å²) < 4.78 is 5.26. The lowest BCUT2D eigenvalue weighted by Gasteiger charge is -2.08. The lowest BCUT2D eigenvalue weighted by atomic mass is 10.1. The number of halogens is 1. The molecular formula is C13H17BrN2O4. The van der Waals surface area contributed by atoms with Gasteiger partial charge in [-0.15, -0.1) is 0 Å². The second-order valence-electron chi connectivity index (χ2n) is 4.12. The van der Waals surface area contributed by atoms with Gasteiger partial charge in [0, 0.05) is 35.7 Å². The smallest absolute Gasteiger partial charge is 0.273 e. The molecule has 0 atom stereocenters. The number of amides is 1. The van der Waals surface area contributed by atoms with Gasteiger partial charge in [0.25, 0.3) is 11.6 Å². The van der Waals surface area contributed by atoms with Crippen LogP contribution in [0.2, 0.25) is 0 Å². The number of benzene rings is 1. The third kappa shape index (κ3) is 4.90. The minimum Gasteiger partial charge on any atom is -0.381 e. The van der Waals surface area contributed by atoms with Crippen molar-refractivity contribution >= 4 is 27.5 Å². The number of alkyl halides is 1. The first kappa shape index (κ1) is 16.6. The van der Waals surface area contributed by atoms with Crippen molar-refractivity contribution in [1.29, 1.82) is 0 Å². The van der Waals surface area contributed by atoms with E-state index >= 15 is 0 Å². The van der Waals surface area contributed by atoms with Gasteiger partial charge < -0.3 is 10.1 Å². The molecule has 0 saturated heterocycles. The second kappa shape index (κ2) is 8.65. The Labute approximate surface area is 125 Å². The predicted octanol–water partition coefficient (Wildman–Crippen LogP) is 2.43. The molecule has 0 aliphatic rings. The van der Waals surface area contributed by atoms with Crippen LogP contribution in [-0.4, -0.2) is 35.9 Å². The van der Waals surface area contributed by atoms with Gasteiger partial charge >= 0.3 is 0 Å². The maximum atomic E-state index is 11.9. The molecule has 0 unspecified atom stereocenters. The zero-order valence-corrected chi connectivity index (χ0v) is 12.8. The molecule has 0 heterocycles. The number of rotatable bonds is 8. The Morgan fingerprint density at radius 3 is 2.85 bits per heavy atom. The molecule has 0 aliphatic heterocycles. The fourth-order valence-electron chi connectivity index (χ4n) is 1.70. The van der Waals surface area contributed by atoms with E-state index in [1.807, 2.05) is 0 Å². The molecule has 20 heavy (non-hydrogen) atoms. The molecule has 1 aromatic carbocycles. The summed E-state index contributed by atoms with van der Waals surface area (Å²) in [5, 5.41) is 14.3. The van der Waals surface area contributed by atoms with Crippen LogP contribution in [0.15, 0.2) is 18.2 Å². The van der Waals surface area contributed by atoms with E-state index in [0.717, 1.165) is 5.33 Å². The molecule has 0 aliphatic carbocycles. The molecular weight excluding hydrogens is 328 g/mol. The van der Waals surface area contributed by atoms with Crippen molar-refractivity contribution in [2.45, 2.75) is 13.3 Å². The van der Waals surface area contributed by atoms with E-state index in [9.17, 15) is 14.9 Å². The summed E-state index contributed by atoms with van der Waals surface area (Å²) in [5.41, 5.74) is 0.671. The van der Waals surface area contributed by atoms with Crippen molar-refractivity contribution in [2.24, 2.45) is 0 Å². The van der Waals surface area contributed by atoms with Crippen molar-refractivity contribution in [3.8, 4) is 0 Å². The maximum absolute atomic E-state index is 11.9. The molecule has 6 nitrogen and oxygen atoms in total. The van der Waals surface area contributed by atoms with Gasteiger partial charge in [-0.05, 0) is 19.4 Å². The zero-order valence-electron chi connectivity index (χ0n) is 11.2. The number of nitrogens with zero attached hydrogens (tertiary/aromatic N) is 1. The summed E-state index contributed by atoms with van der Waals surface area (Å²) in [6.45, 7) is 3.26. The Bertz CT molecular complexity index is 479. The topological polar surface area (TPSA) is 81.5 Å². The Hall–Kier alpha value is -1.47. The lowest BCUT2D eigenvalue weighted by molar-refractivity contribution is -0.385. The minimum absolute atomic E-state index is 0.0432. The number of carbonyl (C=O) groups excluding carboxylic acids is 1. The zero-order chi connectivity index (χ0) is 15.0. The standard InChI is InChI=1S/C13H17BrN2O4/c1-10-11(4-2-5-12(10)16(18)19)13(17)15-7-3-8-20-9-6-14/h2,4-5H,3,6-9H2,1H3,(H,15,17). The molecule has 0 aromatic heterocycles. The monoisotopic (exact) mass is 344 g/mol. The number of nitro groups is 1. The summed E-state index contributed by atoms with van der Waals surface area (Å²) >= 11 is 3.25. The van der Waals surface area contributed by atoms with Crippen LogP contribution in [0.4, 0.5) is 5.69 Å². The second-order valence-corrected chi connectivity index (χ2v) is 4.91. The normalized spacial score (nSPS) is 10.3. The average molecular weight is 345 g/mol. The molecule has 0 fully saturated rings. The number of hydrogen-bond donors (Lipinski definition) is 1. The van der Waals surface area contributed by atoms with Crippen LogP contribution in [0.1, 0.15) is 22.3 Å². The van der Waals surface area contributed by atoms with E-state index in [4.69, 9.17) is 4.74 Å². The van der Waals surface area contributed by atoms with Gasteiger partial charge in [0.05, 0.1) is 11.5 Å². The Morgan fingerprint density at radius 2 is 2.20 bits per heavy atom. The first-order chi connectivity index (χ1) is 9.57. The first-order valence-electron chi connectivity index (χ1n) is 6.24. The highest BCUT2D eigenvalue weighted by atomic mass is 79.9. The van der Waals surface area contributed by atoms with Crippen LogP contribution in [0, 0.1) is 17.0 Å². The van der Waals surface area contributed by atoms with Gasteiger partial charge in [-0.1, -0.05) is 22.0 Å². The van der Waals surface area contributed by atoms with Crippen molar-refractivity contribution < 1.29 is 14.5 Å². The van der Waals surface area contributed by atoms with Crippen LogP contribution >= 0.6 is 15.9 Å². The van der Waals surface area contributed by atoms with Crippen LogP contribution in [0.25, 0.3) is 0 Å². The predicted molar refractivity (Wildman–Crippen MR) is 79.4 cm³/mol. The highest BCUT2D eigenvalue weighted by Crippen LogP contribution is 2.20. The van der Waals surface area contributed by atoms with Gasteiger partial charge in [0.1, 0.15) is 0 Å². The third-order valence-electron chi connectivity index (χ3n) is 2.72. The van der Waals surface area contributed by atoms with E-state index in [0.29, 0.717) is 37.3 Å². The molecule has 1 amide bonds. The van der Waals surface area contributed by atoms with E-state index in [2.05, 4.69) is 21.2 Å². The third-order valence-corrected chi connectivity index (χ3v) is 3.04. The average Bonchev–Trinajstić information content (AvgIpc) is 2.42. The van der Waals surface area contributed by atoms with E-state index in [-0.39, 0.29) is 11.6 Å². The van der Waals surface area contributed by atoms with Crippen LogP contribution in [-0.2, 0) is 4.74 Å². The van der Waals surface area contributed by atoms with Crippen molar-refractivity contribution in [1.82, 2.24) is 5.32 Å². The summed E-state index contributed by atoms with van der Waals surface area (Å²) in [6, 6.07) is 4.48. The fraction of sp³-hybridized carbons (Fsp3) is 0.462. The first-order valence-corrected chi connectivity index (χ1v) is 7.36. The van der Waals surface area contributed by atoms with Crippen LogP contribution < -0.4 is 5.32 Å². The number of nitro benzene ring substituents is 1. The molecule has 0 saturated carbocycles. The molecule has 7 heteroatoms. The van der Waals surface area contributed by atoms with Gasteiger partial charge in [0.15, 0.2) is 0 Å². The molecule has 1 N–H and O–H groups in total. The highest BCUT2D eigenvalue weighted by molar-refractivity contribution is 9.09. The molecule has 0 bridgehead atoms. The number of ether oxygens (including phenoxy) is 1. The SMILES string of the molecule is Cc1c(C(=O)NCCCOCCBr)cccc1[N+](=O)[O-]. The quantitative estimate of drug-likeness (QED) is 0.340. The van der Waals surface area contributed by atoms with E-state index < -0.39 is 4.92 Å². The summed E-state index contributed by atoms with van der Waals surface area (Å²) in [5.74, 6) is -0.299. The highest BCUT2D eigenvalue weighted by Gasteiger charge is 2.17. The van der Waals surface area contributed by atoms with Crippen LogP contribution in [0.3, 0.4) is 0 Å². The Morgan fingerprint density at radius 1 is 1.45 bits per heavy atom. The van der Waals surface area contributed by atoms with Gasteiger partial charge in [-0.3, -0.25) is 14.9 Å². The van der Waals surface area contributed by atoms with Gasteiger partial charge in [-0.25, -0.2) is 0 Å². The molecule has 110 valence electrons. The Balaban J connectivity index is 2.52. The number of nitrogens with one attached hydrogen (secondary N) is 1. The largest absolute Gasteiger partial charge is 0.381 e. The van der Waals surface area contributed by atoms with Crippen LogP contribution in [0.5, 0.6) is 0 Å². The van der Waals surface area contributed by atoms with Crippen molar-refractivity contribution in [3.05, 3.63) is 39.4 Å². The van der Waals surface area contributed by atoms with E-state index in [1.165, 1.54) is 12.1 Å². The van der Waals surface area contributed by atoms with E-state index in [1.54, 1.807) is 13.0 Å². The van der Waals surface area contributed by atoms with Crippen molar-refractivity contribution in [3.63, 3.8) is 0 Å². The molecule has 1 aromatic rings. The lowest BCUT2D eigenvalue weighted by Crippen LogP contribution is -2.26. The summed E-state index contributed by atoms with van der Waals surface area (Å²) in [7, 11) is 0. The maximum Gasteiger partial charge on any atom is 0.273 e. The summed E-state index contributed by atoms with van der Waals surface area (Å²) in [6.07, 6.45) is 0.701. The van der Waals surface area contributed by atoms with Gasteiger partial charge in [-0.2, -0.15) is 0 Å². The fourth-order valence-corrected chi connectivity index (χ4v) is 1.92. The number of carbonyl (C=O) groups is 1. The minimum atomic E-state index is -0.486. The Kier molecular flexibility index (Phi) is 7.17. The van der Waals surface area contributed by atoms with Gasteiger partial charge in [0.2, 0.25) is 0 Å². The molecule has 1 rings (SSSR count). The van der Waals surface area contributed by atoms with Crippen molar-refractivity contribution in [2.75, 3.05) is 25.1 Å².